The van der Waals surface area contributed by atoms with Gasteiger partial charge in [0.2, 0.25) is 0 Å². The summed E-state index contributed by atoms with van der Waals surface area (Å²) in [6.45, 7) is 2.05. The van der Waals surface area contributed by atoms with Gasteiger partial charge in [0.1, 0.15) is 12.2 Å². The fraction of sp³-hybridized carbons (Fsp3) is 0.400. The third kappa shape index (κ3) is 1.43. The van der Waals surface area contributed by atoms with E-state index in [0.717, 1.165) is 6.42 Å². The molecule has 0 bridgehead atoms. The van der Waals surface area contributed by atoms with Gasteiger partial charge in [-0.25, -0.2) is 0 Å². The summed E-state index contributed by atoms with van der Waals surface area (Å²) in [7, 11) is 0. The van der Waals surface area contributed by atoms with E-state index in [1.54, 1.807) is 0 Å². The SMILES string of the molecule is CC=CCC1=CC2OC2C=C1. The molecule has 0 spiro atoms. The fourth-order valence-electron chi connectivity index (χ4n) is 1.30. The smallest absolute Gasteiger partial charge is 0.107 e. The predicted octanol–water partition coefficient (Wildman–Crippen LogP) is 2.22. The molecule has 1 nitrogen and oxygen atoms in total. The molecule has 2 rings (SSSR count). The molecule has 0 N–H and O–H groups in total. The Morgan fingerprint density at radius 3 is 3.18 bits per heavy atom. The standard InChI is InChI=1S/C10H12O/c1-2-3-4-8-5-6-9-10(7-8)11-9/h2-3,5-7,9-10H,4H2,1H3. The third-order valence-corrected chi connectivity index (χ3v) is 2.03. The van der Waals surface area contributed by atoms with Gasteiger partial charge in [-0.15, -0.1) is 0 Å². The lowest BCUT2D eigenvalue weighted by Crippen LogP contribution is -1.93. The molecule has 0 saturated carbocycles. The summed E-state index contributed by atoms with van der Waals surface area (Å²) < 4.78 is 5.30. The van der Waals surface area contributed by atoms with Crippen molar-refractivity contribution < 1.29 is 4.74 Å². The fourth-order valence-corrected chi connectivity index (χ4v) is 1.30. The van der Waals surface area contributed by atoms with Gasteiger partial charge in [0.25, 0.3) is 0 Å². The van der Waals surface area contributed by atoms with Crippen molar-refractivity contribution in [2.45, 2.75) is 25.6 Å². The molecule has 2 atom stereocenters. The molecule has 0 aromatic carbocycles. The maximum absolute atomic E-state index is 5.30. The van der Waals surface area contributed by atoms with Gasteiger partial charge < -0.3 is 4.74 Å². The minimum Gasteiger partial charge on any atom is -0.361 e. The monoisotopic (exact) mass is 148 g/mol. The molecule has 1 heteroatoms. The van der Waals surface area contributed by atoms with Crippen molar-refractivity contribution in [1.29, 1.82) is 0 Å². The predicted molar refractivity (Wildman–Crippen MR) is 45.3 cm³/mol. The first kappa shape index (κ1) is 6.86. The Balaban J connectivity index is 1.98. The molecule has 11 heavy (non-hydrogen) atoms. The van der Waals surface area contributed by atoms with E-state index >= 15 is 0 Å². The Bertz CT molecular complexity index is 235. The maximum atomic E-state index is 5.30. The molecule has 2 aliphatic rings. The lowest BCUT2D eigenvalue weighted by atomic mass is 10.0. The van der Waals surface area contributed by atoms with E-state index in [1.165, 1.54) is 5.57 Å². The molecular weight excluding hydrogens is 136 g/mol. The van der Waals surface area contributed by atoms with E-state index in [4.69, 9.17) is 4.74 Å². The average Bonchev–Trinajstić information content (AvgIpc) is 2.78. The van der Waals surface area contributed by atoms with Crippen molar-refractivity contribution in [3.05, 3.63) is 36.0 Å². The van der Waals surface area contributed by atoms with Crippen LogP contribution < -0.4 is 0 Å². The molecule has 0 amide bonds. The zero-order chi connectivity index (χ0) is 7.68. The summed E-state index contributed by atoms with van der Waals surface area (Å²) in [6, 6.07) is 0. The highest BCUT2D eigenvalue weighted by Crippen LogP contribution is 2.30. The number of allylic oxidation sites excluding steroid dienone is 4. The number of epoxide rings is 1. The highest BCUT2D eigenvalue weighted by molar-refractivity contribution is 5.33. The molecule has 1 aliphatic heterocycles. The van der Waals surface area contributed by atoms with Crippen molar-refractivity contribution in [3.63, 3.8) is 0 Å². The van der Waals surface area contributed by atoms with Crippen LogP contribution in [0.5, 0.6) is 0 Å². The average molecular weight is 148 g/mol. The van der Waals surface area contributed by atoms with Crippen LogP contribution in [0.3, 0.4) is 0 Å². The molecule has 58 valence electrons. The van der Waals surface area contributed by atoms with Gasteiger partial charge in [-0.1, -0.05) is 24.3 Å². The zero-order valence-corrected chi connectivity index (χ0v) is 6.66. The minimum atomic E-state index is 0.403. The summed E-state index contributed by atoms with van der Waals surface area (Å²) in [6.07, 6.45) is 12.6. The molecule has 1 aliphatic carbocycles. The van der Waals surface area contributed by atoms with Gasteiger partial charge >= 0.3 is 0 Å². The van der Waals surface area contributed by atoms with Crippen molar-refractivity contribution in [1.82, 2.24) is 0 Å². The van der Waals surface area contributed by atoms with E-state index in [2.05, 4.69) is 30.4 Å². The second-order valence-corrected chi connectivity index (χ2v) is 2.94. The van der Waals surface area contributed by atoms with E-state index in [0.29, 0.717) is 12.2 Å². The van der Waals surface area contributed by atoms with Gasteiger partial charge in [0.05, 0.1) is 0 Å². The van der Waals surface area contributed by atoms with Crippen LogP contribution in [0.4, 0.5) is 0 Å². The molecule has 0 radical (unpaired) electrons. The van der Waals surface area contributed by atoms with Crippen LogP contribution >= 0.6 is 0 Å². The van der Waals surface area contributed by atoms with E-state index < -0.39 is 0 Å². The molecule has 0 aromatic rings. The number of hydrogen-bond acceptors (Lipinski definition) is 1. The molecular formula is C10H12O. The second kappa shape index (κ2) is 2.67. The summed E-state index contributed by atoms with van der Waals surface area (Å²) in [4.78, 5) is 0. The Kier molecular flexibility index (Phi) is 1.66. The number of fused-ring (bicyclic) bond motifs is 1. The summed E-state index contributed by atoms with van der Waals surface area (Å²) >= 11 is 0. The molecule has 0 aromatic heterocycles. The highest BCUT2D eigenvalue weighted by Gasteiger charge is 2.36. The van der Waals surface area contributed by atoms with Gasteiger partial charge in [-0.05, 0) is 25.0 Å². The van der Waals surface area contributed by atoms with Crippen LogP contribution in [0.15, 0.2) is 36.0 Å². The first-order chi connectivity index (χ1) is 5.40. The first-order valence-corrected chi connectivity index (χ1v) is 4.05. The van der Waals surface area contributed by atoms with Crippen LogP contribution in [0.2, 0.25) is 0 Å². The Morgan fingerprint density at radius 2 is 2.45 bits per heavy atom. The van der Waals surface area contributed by atoms with Crippen molar-refractivity contribution >= 4 is 0 Å². The van der Waals surface area contributed by atoms with E-state index in [-0.39, 0.29) is 0 Å². The minimum absolute atomic E-state index is 0.403. The molecule has 1 fully saturated rings. The topological polar surface area (TPSA) is 12.5 Å². The van der Waals surface area contributed by atoms with Crippen LogP contribution in [0, 0.1) is 0 Å². The van der Waals surface area contributed by atoms with Crippen LogP contribution in [0.25, 0.3) is 0 Å². The lowest BCUT2D eigenvalue weighted by molar-refractivity contribution is 0.414. The summed E-state index contributed by atoms with van der Waals surface area (Å²) in [5.41, 5.74) is 1.38. The normalized spacial score (nSPS) is 33.7. The largest absolute Gasteiger partial charge is 0.361 e. The first-order valence-electron chi connectivity index (χ1n) is 4.05. The summed E-state index contributed by atoms with van der Waals surface area (Å²) in [5, 5.41) is 0. The van der Waals surface area contributed by atoms with Crippen LogP contribution in [-0.4, -0.2) is 12.2 Å². The highest BCUT2D eigenvalue weighted by atomic mass is 16.6. The zero-order valence-electron chi connectivity index (χ0n) is 6.66. The third-order valence-electron chi connectivity index (χ3n) is 2.03. The van der Waals surface area contributed by atoms with Crippen molar-refractivity contribution in [2.75, 3.05) is 0 Å². The Labute approximate surface area is 67.1 Å². The van der Waals surface area contributed by atoms with Crippen LogP contribution in [-0.2, 0) is 4.74 Å². The quantitative estimate of drug-likeness (QED) is 0.432. The van der Waals surface area contributed by atoms with E-state index in [9.17, 15) is 0 Å². The molecule has 1 saturated heterocycles. The Morgan fingerprint density at radius 1 is 1.55 bits per heavy atom. The molecule has 2 unspecified atom stereocenters. The van der Waals surface area contributed by atoms with Crippen molar-refractivity contribution in [3.8, 4) is 0 Å². The number of rotatable bonds is 2. The summed E-state index contributed by atoms with van der Waals surface area (Å²) in [5.74, 6) is 0. The number of hydrogen-bond donors (Lipinski definition) is 0. The van der Waals surface area contributed by atoms with E-state index in [1.807, 2.05) is 6.92 Å². The lowest BCUT2D eigenvalue weighted by Gasteiger charge is -1.98. The van der Waals surface area contributed by atoms with Gasteiger partial charge in [-0.3, -0.25) is 0 Å². The van der Waals surface area contributed by atoms with Crippen LogP contribution in [0.1, 0.15) is 13.3 Å². The van der Waals surface area contributed by atoms with Gasteiger partial charge in [-0.2, -0.15) is 0 Å². The second-order valence-electron chi connectivity index (χ2n) is 2.94. The maximum Gasteiger partial charge on any atom is 0.107 e. The Hall–Kier alpha value is -0.820. The number of ether oxygens (including phenoxy) is 1. The molecule has 1 heterocycles. The van der Waals surface area contributed by atoms with Gasteiger partial charge in [0, 0.05) is 0 Å². The van der Waals surface area contributed by atoms with Gasteiger partial charge in [0.15, 0.2) is 0 Å². The van der Waals surface area contributed by atoms with Crippen molar-refractivity contribution in [2.24, 2.45) is 0 Å².